The third-order valence-corrected chi connectivity index (χ3v) is 18.4. The predicted octanol–water partition coefficient (Wildman–Crippen LogP) is 9.20. The maximum atomic E-state index is 15.2. The summed E-state index contributed by atoms with van der Waals surface area (Å²) in [5, 5.41) is 0. The Kier molecular flexibility index (Phi) is 13.0. The number of rotatable bonds is 18. The molecule has 0 bridgehead atoms. The molecule has 0 spiro atoms. The molecule has 0 heterocycles. The van der Waals surface area contributed by atoms with Gasteiger partial charge in [-0.15, -0.1) is 0 Å². The number of hydrogen-bond donors (Lipinski definition) is 0. The summed E-state index contributed by atoms with van der Waals surface area (Å²) in [5.74, 6) is -20.1. The molecule has 0 N–H and O–H groups in total. The second-order valence-corrected chi connectivity index (χ2v) is 19.2. The number of alkyl halides is 15. The zero-order valence-corrected chi connectivity index (χ0v) is 23.8. The summed E-state index contributed by atoms with van der Waals surface area (Å²) in [6.45, 7) is -1.40. The topological polar surface area (TPSA) is 9.23 Å². The average Bonchev–Trinajstić information content (AvgIpc) is 2.76. The van der Waals surface area contributed by atoms with Crippen molar-refractivity contribution in [2.45, 2.75) is 121 Å². The van der Waals surface area contributed by atoms with Gasteiger partial charge in [0.1, 0.15) is 0 Å². The molecule has 0 amide bonds. The van der Waals surface area contributed by atoms with Crippen LogP contribution in [0.5, 0.6) is 0 Å². The fourth-order valence-corrected chi connectivity index (χ4v) is 15.5. The van der Waals surface area contributed by atoms with Crippen molar-refractivity contribution in [2.24, 2.45) is 0 Å². The van der Waals surface area contributed by atoms with Crippen LogP contribution in [0.15, 0.2) is 0 Å². The molecule has 38 heavy (non-hydrogen) atoms. The van der Waals surface area contributed by atoms with Crippen LogP contribution in [-0.4, -0.2) is 73.5 Å². The summed E-state index contributed by atoms with van der Waals surface area (Å²) in [6, 6.07) is 0. The SMILES string of the molecule is CCCCCCCCC[O][Sn]([C](F)(F)C(F)(F)C(C)F)([C](F)(F)C(F)(F)C(C)F)[C](F)(F)C(F)(F)C(C)F. The van der Waals surface area contributed by atoms with E-state index in [0.717, 1.165) is 12.8 Å². The van der Waals surface area contributed by atoms with Crippen molar-refractivity contribution in [1.29, 1.82) is 0 Å². The summed E-state index contributed by atoms with van der Waals surface area (Å²) in [6.07, 6.45) is -11.3. The van der Waals surface area contributed by atoms with E-state index in [1.165, 1.54) is 0 Å². The van der Waals surface area contributed by atoms with E-state index >= 15 is 26.3 Å². The molecule has 0 aromatic rings. The van der Waals surface area contributed by atoms with Gasteiger partial charge >= 0.3 is 215 Å². The normalized spacial score (nSPS) is 18.7. The fourth-order valence-electron chi connectivity index (χ4n) is 3.60. The van der Waals surface area contributed by atoms with Crippen LogP contribution in [0.1, 0.15) is 72.6 Å². The van der Waals surface area contributed by atoms with Gasteiger partial charge in [0.2, 0.25) is 0 Å². The number of hydrogen-bond acceptors (Lipinski definition) is 1. The van der Waals surface area contributed by atoms with Crippen LogP contribution in [0.3, 0.4) is 0 Å². The zero-order valence-electron chi connectivity index (χ0n) is 21.0. The molecule has 0 radical (unpaired) electrons. The minimum absolute atomic E-state index is 0.169. The van der Waals surface area contributed by atoms with E-state index in [2.05, 4.69) is 3.07 Å². The molecule has 0 aromatic carbocycles. The molecule has 3 unspecified atom stereocenters. The van der Waals surface area contributed by atoms with Crippen molar-refractivity contribution in [2.75, 3.05) is 6.61 Å². The number of unbranched alkanes of at least 4 members (excludes halogenated alkanes) is 6. The Morgan fingerprint density at radius 2 is 0.763 bits per heavy atom. The number of halogens is 15. The molecular weight excluding hydrogens is 672 g/mol. The Balaban J connectivity index is 7.30. The van der Waals surface area contributed by atoms with E-state index in [-0.39, 0.29) is 12.8 Å². The van der Waals surface area contributed by atoms with Crippen LogP contribution >= 0.6 is 0 Å². The fraction of sp³-hybridized carbons (Fsp3) is 1.00. The first-order chi connectivity index (χ1) is 16.9. The summed E-state index contributed by atoms with van der Waals surface area (Å²) < 4.78 is 199. The molecule has 0 aromatic heterocycles. The standard InChI is InChI=1S/C9H19O.3C4H4F5.Sn/c1-2-3-4-5-6-7-8-9-10;3*1-2(5)4(8,9)3(6)7;/h2-9H2,1H3;3*2H,1H3;/q-1;;;;+1. The summed E-state index contributed by atoms with van der Waals surface area (Å²) in [7, 11) is 0. The van der Waals surface area contributed by atoms with Crippen LogP contribution < -0.4 is 0 Å². The molecule has 3 atom stereocenters. The molecule has 1 nitrogen and oxygen atoms in total. The molecule has 0 aliphatic heterocycles. The van der Waals surface area contributed by atoms with Gasteiger partial charge in [-0.05, 0) is 0 Å². The van der Waals surface area contributed by atoms with Gasteiger partial charge in [0.15, 0.2) is 0 Å². The van der Waals surface area contributed by atoms with E-state index in [1.807, 2.05) is 6.92 Å². The monoisotopic (exact) mass is 704 g/mol. The third-order valence-electron chi connectivity index (χ3n) is 6.15. The van der Waals surface area contributed by atoms with Gasteiger partial charge in [-0.3, -0.25) is 0 Å². The quantitative estimate of drug-likeness (QED) is 0.0787. The Labute approximate surface area is 215 Å². The molecule has 0 saturated carbocycles. The summed E-state index contributed by atoms with van der Waals surface area (Å²) >= 11 is -10.8. The first kappa shape index (κ1) is 37.7. The van der Waals surface area contributed by atoms with Crippen molar-refractivity contribution >= 4 is 18.8 Å². The maximum absolute atomic E-state index is 15.2. The van der Waals surface area contributed by atoms with Crippen molar-refractivity contribution in [3.63, 3.8) is 0 Å². The van der Waals surface area contributed by atoms with E-state index in [9.17, 15) is 39.5 Å². The van der Waals surface area contributed by atoms with Crippen LogP contribution in [0.4, 0.5) is 65.9 Å². The molecule has 230 valence electrons. The van der Waals surface area contributed by atoms with E-state index in [0.29, 0.717) is 12.8 Å². The van der Waals surface area contributed by atoms with E-state index < -0.39 is 101 Å². The molecule has 0 saturated heterocycles. The zero-order chi connectivity index (χ0) is 30.6. The first-order valence-electron chi connectivity index (χ1n) is 11.7. The van der Waals surface area contributed by atoms with Gasteiger partial charge in [0.05, 0.1) is 0 Å². The molecule has 0 fully saturated rings. The second-order valence-electron chi connectivity index (χ2n) is 9.09. The van der Waals surface area contributed by atoms with Crippen LogP contribution in [0, 0.1) is 0 Å². The Morgan fingerprint density at radius 1 is 0.500 bits per heavy atom. The van der Waals surface area contributed by atoms with E-state index in [4.69, 9.17) is 0 Å². The molecule has 0 rings (SSSR count). The van der Waals surface area contributed by atoms with Crippen molar-refractivity contribution in [3.8, 4) is 0 Å². The minimum atomic E-state index is -10.8. The third kappa shape index (κ3) is 6.29. The average molecular weight is 703 g/mol. The van der Waals surface area contributed by atoms with Gasteiger partial charge in [-0.2, -0.15) is 0 Å². The van der Waals surface area contributed by atoms with Crippen LogP contribution in [0.2, 0.25) is 0 Å². The van der Waals surface area contributed by atoms with Crippen LogP contribution in [0.25, 0.3) is 0 Å². The van der Waals surface area contributed by atoms with Crippen molar-refractivity contribution in [3.05, 3.63) is 0 Å². The van der Waals surface area contributed by atoms with Gasteiger partial charge in [0.25, 0.3) is 0 Å². The first-order valence-corrected chi connectivity index (χ1v) is 17.2. The Hall–Kier alpha value is -0.291. The summed E-state index contributed by atoms with van der Waals surface area (Å²) in [4.78, 5) is 0. The molecule has 0 aliphatic rings. The van der Waals surface area contributed by atoms with Gasteiger partial charge in [-0.1, -0.05) is 0 Å². The van der Waals surface area contributed by atoms with Crippen molar-refractivity contribution < 1.29 is 68.9 Å². The van der Waals surface area contributed by atoms with Crippen molar-refractivity contribution in [1.82, 2.24) is 0 Å². The second kappa shape index (κ2) is 13.1. The Bertz CT molecular complexity index is 647. The predicted molar refractivity (Wildman–Crippen MR) is 111 cm³/mol. The summed E-state index contributed by atoms with van der Waals surface area (Å²) in [5.41, 5.74) is 0. The van der Waals surface area contributed by atoms with Crippen LogP contribution in [-0.2, 0) is 3.07 Å². The Morgan fingerprint density at radius 3 is 1.03 bits per heavy atom. The van der Waals surface area contributed by atoms with Gasteiger partial charge in [0, 0.05) is 0 Å². The molecule has 0 aliphatic carbocycles. The molecule has 17 heteroatoms. The molecular formula is C21H31F15OSn. The van der Waals surface area contributed by atoms with Gasteiger partial charge in [-0.25, -0.2) is 0 Å². The van der Waals surface area contributed by atoms with Gasteiger partial charge < -0.3 is 0 Å². The van der Waals surface area contributed by atoms with E-state index in [1.54, 1.807) is 0 Å².